The third-order valence-electron chi connectivity index (χ3n) is 2.99. The van der Waals surface area contributed by atoms with Crippen LogP contribution in [0.15, 0.2) is 18.2 Å². The van der Waals surface area contributed by atoms with E-state index in [1.165, 1.54) is 17.9 Å². The minimum absolute atomic E-state index is 0.104. The van der Waals surface area contributed by atoms with Crippen LogP contribution >= 0.6 is 23.4 Å². The summed E-state index contributed by atoms with van der Waals surface area (Å²) >= 11 is 6.92. The molecule has 0 aromatic heterocycles. The lowest BCUT2D eigenvalue weighted by atomic mass is 10.2. The van der Waals surface area contributed by atoms with E-state index in [2.05, 4.69) is 0 Å². The van der Waals surface area contributed by atoms with Gasteiger partial charge in [0.05, 0.1) is 16.3 Å². The summed E-state index contributed by atoms with van der Waals surface area (Å²) in [6, 6.07) is 2.87. The number of thioether (sulfide) groups is 1. The van der Waals surface area contributed by atoms with E-state index in [4.69, 9.17) is 11.6 Å². The molecule has 1 saturated heterocycles. The number of hydrogen-bond acceptors (Lipinski definition) is 3. The van der Waals surface area contributed by atoms with Crippen molar-refractivity contribution in [2.24, 2.45) is 0 Å². The average molecular weight is 338 g/mol. The second-order valence-corrected chi connectivity index (χ2v) is 6.49. The molecule has 1 aliphatic rings. The Labute approximate surface area is 128 Å². The smallest absolute Gasteiger partial charge is 0.310 e. The number of halogens is 4. The Hall–Kier alpha value is -1.21. The van der Waals surface area contributed by atoms with E-state index >= 15 is 0 Å². The predicted octanol–water partition coefficient (Wildman–Crippen LogP) is 3.74. The van der Waals surface area contributed by atoms with Gasteiger partial charge in [0.15, 0.2) is 5.12 Å². The topological polar surface area (TPSA) is 37.4 Å². The highest BCUT2D eigenvalue weighted by Gasteiger charge is 2.35. The van der Waals surface area contributed by atoms with Gasteiger partial charge in [-0.15, -0.1) is 0 Å². The molecule has 3 nitrogen and oxygen atoms in total. The minimum atomic E-state index is -4.48. The lowest BCUT2D eigenvalue weighted by Crippen LogP contribution is -2.25. The highest BCUT2D eigenvalue weighted by molar-refractivity contribution is 8.14. The normalized spacial score (nSPS) is 19.2. The number of carbonyl (C=O) groups is 2. The molecule has 1 heterocycles. The zero-order chi connectivity index (χ0) is 15.8. The van der Waals surface area contributed by atoms with E-state index in [-0.39, 0.29) is 39.9 Å². The van der Waals surface area contributed by atoms with E-state index in [1.807, 2.05) is 0 Å². The molecule has 0 radical (unpaired) electrons. The van der Waals surface area contributed by atoms with Crippen molar-refractivity contribution in [3.8, 4) is 0 Å². The van der Waals surface area contributed by atoms with Crippen LogP contribution in [-0.4, -0.2) is 22.8 Å². The molecule has 1 atom stereocenters. The van der Waals surface area contributed by atoms with Crippen molar-refractivity contribution in [3.63, 3.8) is 0 Å². The molecule has 0 bridgehead atoms. The van der Waals surface area contributed by atoms with Crippen LogP contribution in [0, 0.1) is 0 Å². The van der Waals surface area contributed by atoms with Crippen LogP contribution < -0.4 is 4.90 Å². The van der Waals surface area contributed by atoms with Crippen LogP contribution in [0.25, 0.3) is 0 Å². The van der Waals surface area contributed by atoms with Crippen molar-refractivity contribution >= 4 is 40.1 Å². The van der Waals surface area contributed by atoms with E-state index in [0.717, 1.165) is 23.9 Å². The molecule has 1 amide bonds. The number of carbonyl (C=O) groups excluding carboxylic acids is 2. The molecular weight excluding hydrogens is 327 g/mol. The molecule has 114 valence electrons. The van der Waals surface area contributed by atoms with Gasteiger partial charge in [0.1, 0.15) is 0 Å². The first kappa shape index (κ1) is 16.2. The number of hydrogen-bond donors (Lipinski definition) is 0. The summed E-state index contributed by atoms with van der Waals surface area (Å²) in [6.45, 7) is 1.66. The quantitative estimate of drug-likeness (QED) is 0.825. The molecule has 1 unspecified atom stereocenters. The maximum atomic E-state index is 12.6. The summed E-state index contributed by atoms with van der Waals surface area (Å²) in [7, 11) is 0. The van der Waals surface area contributed by atoms with Gasteiger partial charge in [-0.05, 0) is 18.2 Å². The fraction of sp³-hybridized carbons (Fsp3) is 0.385. The molecule has 1 fully saturated rings. The molecule has 0 saturated carbocycles. The molecule has 0 aliphatic carbocycles. The summed E-state index contributed by atoms with van der Waals surface area (Å²) in [5, 5.41) is -0.437. The van der Waals surface area contributed by atoms with E-state index in [9.17, 15) is 22.8 Å². The van der Waals surface area contributed by atoms with Crippen molar-refractivity contribution in [3.05, 3.63) is 28.8 Å². The molecule has 1 aromatic carbocycles. The Morgan fingerprint density at radius 1 is 1.43 bits per heavy atom. The maximum Gasteiger partial charge on any atom is 0.416 e. The van der Waals surface area contributed by atoms with Crippen LogP contribution in [0.4, 0.5) is 18.9 Å². The SMILES string of the molecule is CC(=O)SC1CC(=O)N(c2ccc(C(F)(F)F)cc2Cl)C1. The molecule has 2 rings (SSSR count). The van der Waals surface area contributed by atoms with Crippen molar-refractivity contribution in [2.45, 2.75) is 24.8 Å². The van der Waals surface area contributed by atoms with Crippen LogP contribution in [0.1, 0.15) is 18.9 Å². The molecule has 8 heteroatoms. The number of anilines is 1. The fourth-order valence-corrected chi connectivity index (χ4v) is 3.32. The predicted molar refractivity (Wildman–Crippen MR) is 75.5 cm³/mol. The van der Waals surface area contributed by atoms with Crippen LogP contribution in [0.3, 0.4) is 0 Å². The minimum Gasteiger partial charge on any atom is -0.310 e. The van der Waals surface area contributed by atoms with Crippen molar-refractivity contribution in [2.75, 3.05) is 11.4 Å². The first-order chi connectivity index (χ1) is 9.68. The largest absolute Gasteiger partial charge is 0.416 e. The Kier molecular flexibility index (Phi) is 4.53. The lowest BCUT2D eigenvalue weighted by Gasteiger charge is -2.19. The van der Waals surface area contributed by atoms with E-state index < -0.39 is 11.7 Å². The Balaban J connectivity index is 2.23. The highest BCUT2D eigenvalue weighted by atomic mass is 35.5. The monoisotopic (exact) mass is 337 g/mol. The third kappa shape index (κ3) is 3.71. The highest BCUT2D eigenvalue weighted by Crippen LogP contribution is 2.37. The third-order valence-corrected chi connectivity index (χ3v) is 4.27. The number of nitrogens with zero attached hydrogens (tertiary/aromatic N) is 1. The van der Waals surface area contributed by atoms with Gasteiger partial charge in [0.25, 0.3) is 0 Å². The van der Waals surface area contributed by atoms with E-state index in [1.54, 1.807) is 0 Å². The summed E-state index contributed by atoms with van der Waals surface area (Å²) in [6.07, 6.45) is -4.31. The number of benzene rings is 1. The van der Waals surface area contributed by atoms with Crippen molar-refractivity contribution in [1.29, 1.82) is 0 Å². The maximum absolute atomic E-state index is 12.6. The molecule has 0 spiro atoms. The van der Waals surface area contributed by atoms with Crippen LogP contribution in [-0.2, 0) is 15.8 Å². The van der Waals surface area contributed by atoms with Gasteiger partial charge in [-0.2, -0.15) is 13.2 Å². The number of rotatable bonds is 2. The van der Waals surface area contributed by atoms with Crippen LogP contribution in [0.5, 0.6) is 0 Å². The zero-order valence-corrected chi connectivity index (χ0v) is 12.5. The number of alkyl halides is 3. The summed E-state index contributed by atoms with van der Waals surface area (Å²) in [5.41, 5.74) is -0.626. The molecule has 0 N–H and O–H groups in total. The van der Waals surface area contributed by atoms with Gasteiger partial charge in [-0.1, -0.05) is 23.4 Å². The zero-order valence-electron chi connectivity index (χ0n) is 10.9. The van der Waals surface area contributed by atoms with Gasteiger partial charge in [-0.25, -0.2) is 0 Å². The fourth-order valence-electron chi connectivity index (χ4n) is 2.12. The molecule has 1 aromatic rings. The standard InChI is InChI=1S/C13H11ClF3NO2S/c1-7(19)21-9-5-12(20)18(6-9)11-3-2-8(4-10(11)14)13(15,16)17/h2-4,9H,5-6H2,1H3. The first-order valence-electron chi connectivity index (χ1n) is 6.03. The Morgan fingerprint density at radius 3 is 2.62 bits per heavy atom. The van der Waals surface area contributed by atoms with Gasteiger partial charge >= 0.3 is 6.18 Å². The second-order valence-electron chi connectivity index (χ2n) is 4.60. The second kappa shape index (κ2) is 5.88. The van der Waals surface area contributed by atoms with Crippen LogP contribution in [0.2, 0.25) is 5.02 Å². The van der Waals surface area contributed by atoms with Crippen molar-refractivity contribution < 1.29 is 22.8 Å². The molecule has 21 heavy (non-hydrogen) atoms. The van der Waals surface area contributed by atoms with Gasteiger partial charge in [0, 0.05) is 25.1 Å². The Bertz CT molecular complexity index is 591. The number of amides is 1. The van der Waals surface area contributed by atoms with Crippen molar-refractivity contribution in [1.82, 2.24) is 0 Å². The lowest BCUT2D eigenvalue weighted by molar-refractivity contribution is -0.137. The summed E-state index contributed by atoms with van der Waals surface area (Å²) in [4.78, 5) is 24.3. The van der Waals surface area contributed by atoms with Gasteiger partial charge in [-0.3, -0.25) is 9.59 Å². The molecular formula is C13H11ClF3NO2S. The average Bonchev–Trinajstić information content (AvgIpc) is 2.67. The van der Waals surface area contributed by atoms with Gasteiger partial charge in [0.2, 0.25) is 5.91 Å². The molecule has 1 aliphatic heterocycles. The van der Waals surface area contributed by atoms with E-state index in [0.29, 0.717) is 0 Å². The van der Waals surface area contributed by atoms with Gasteiger partial charge < -0.3 is 4.90 Å². The summed E-state index contributed by atoms with van der Waals surface area (Å²) < 4.78 is 37.7. The Morgan fingerprint density at radius 2 is 2.10 bits per heavy atom. The summed E-state index contributed by atoms with van der Waals surface area (Å²) in [5.74, 6) is -0.254. The first-order valence-corrected chi connectivity index (χ1v) is 7.28.